The minimum absolute atomic E-state index is 0. The Labute approximate surface area is 185 Å². The van der Waals surface area contributed by atoms with E-state index in [-0.39, 0.29) is 18.3 Å². The molecule has 0 unspecified atom stereocenters. The lowest BCUT2D eigenvalue weighted by molar-refractivity contribution is -0.116. The first-order chi connectivity index (χ1) is 13.1. The number of hydrogen-bond donors (Lipinski definition) is 0. The van der Waals surface area contributed by atoms with Gasteiger partial charge in [0.05, 0.1) is 16.0 Å². The highest BCUT2D eigenvalue weighted by molar-refractivity contribution is 8.00. The number of carbonyl (C=O) groups excluding carboxylic acids is 1. The summed E-state index contributed by atoms with van der Waals surface area (Å²) in [7, 11) is 4.04. The molecule has 0 atom stereocenters. The van der Waals surface area contributed by atoms with Gasteiger partial charge in [-0.3, -0.25) is 9.69 Å². The molecule has 0 radical (unpaired) electrons. The molecule has 3 aromatic rings. The van der Waals surface area contributed by atoms with Crippen molar-refractivity contribution in [3.05, 3.63) is 48.5 Å². The molecule has 0 fully saturated rings. The zero-order chi connectivity index (χ0) is 19.2. The summed E-state index contributed by atoms with van der Waals surface area (Å²) < 4.78 is 1.12. The molecule has 0 saturated carbocycles. The summed E-state index contributed by atoms with van der Waals surface area (Å²) in [5, 5.41) is 0.784. The normalized spacial score (nSPS) is 10.9. The number of thioether (sulfide) groups is 2. The fourth-order valence-corrected chi connectivity index (χ4v) is 5.02. The number of fused-ring (bicyclic) bond motifs is 1. The van der Waals surface area contributed by atoms with Crippen molar-refractivity contribution in [2.45, 2.75) is 9.79 Å². The van der Waals surface area contributed by atoms with Crippen molar-refractivity contribution in [1.82, 2.24) is 9.88 Å². The highest BCUT2D eigenvalue weighted by atomic mass is 35.5. The van der Waals surface area contributed by atoms with Crippen LogP contribution in [-0.4, -0.2) is 55.0 Å². The second-order valence-corrected chi connectivity index (χ2v) is 9.16. The third-order valence-corrected chi connectivity index (χ3v) is 6.81. The van der Waals surface area contributed by atoms with Crippen LogP contribution in [0.15, 0.2) is 58.3 Å². The number of likely N-dealkylation sites (N-methyl/N-ethyl adjacent to an activating group) is 1. The number of nitrogens with zero attached hydrogens (tertiary/aromatic N) is 3. The van der Waals surface area contributed by atoms with Crippen molar-refractivity contribution < 1.29 is 4.79 Å². The lowest BCUT2D eigenvalue weighted by atomic mass is 10.3. The van der Waals surface area contributed by atoms with Crippen LogP contribution in [0.1, 0.15) is 0 Å². The first kappa shape index (κ1) is 23.0. The van der Waals surface area contributed by atoms with E-state index in [0.29, 0.717) is 12.3 Å². The van der Waals surface area contributed by atoms with Crippen LogP contribution in [0.2, 0.25) is 0 Å². The van der Waals surface area contributed by atoms with Gasteiger partial charge in [0, 0.05) is 22.9 Å². The molecule has 150 valence electrons. The summed E-state index contributed by atoms with van der Waals surface area (Å²) in [6.07, 6.45) is 2.05. The number of thiazole rings is 1. The molecule has 1 amide bonds. The highest BCUT2D eigenvalue weighted by Gasteiger charge is 2.20. The van der Waals surface area contributed by atoms with Gasteiger partial charge in [-0.1, -0.05) is 35.6 Å². The smallest absolute Gasteiger partial charge is 0.239 e. The van der Waals surface area contributed by atoms with Crippen LogP contribution >= 0.6 is 47.3 Å². The number of hydrogen-bond acceptors (Lipinski definition) is 6. The summed E-state index contributed by atoms with van der Waals surface area (Å²) in [5.41, 5.74) is 0.989. The third-order valence-electron chi connectivity index (χ3n) is 4.00. The van der Waals surface area contributed by atoms with E-state index in [2.05, 4.69) is 23.3 Å². The molecule has 1 aromatic heterocycles. The lowest BCUT2D eigenvalue weighted by Crippen LogP contribution is -2.37. The zero-order valence-corrected chi connectivity index (χ0v) is 19.4. The lowest BCUT2D eigenvalue weighted by Gasteiger charge is -2.21. The molecule has 1 heterocycles. The average molecular weight is 454 g/mol. The van der Waals surface area contributed by atoms with Crippen molar-refractivity contribution in [1.29, 1.82) is 0 Å². The zero-order valence-electron chi connectivity index (χ0n) is 16.1. The number of anilines is 1. The van der Waals surface area contributed by atoms with E-state index in [0.717, 1.165) is 31.7 Å². The van der Waals surface area contributed by atoms with Gasteiger partial charge in [0.2, 0.25) is 5.91 Å². The predicted molar refractivity (Wildman–Crippen MR) is 127 cm³/mol. The molecule has 3 rings (SSSR count). The van der Waals surface area contributed by atoms with Gasteiger partial charge in [-0.15, -0.1) is 35.9 Å². The van der Waals surface area contributed by atoms with E-state index < -0.39 is 0 Å². The molecule has 0 aliphatic heterocycles. The van der Waals surface area contributed by atoms with Gasteiger partial charge >= 0.3 is 0 Å². The molecular formula is C20H24ClN3OS3. The monoisotopic (exact) mass is 453 g/mol. The summed E-state index contributed by atoms with van der Waals surface area (Å²) in [6.45, 7) is 1.43. The molecule has 0 spiro atoms. The predicted octanol–water partition coefficient (Wildman–Crippen LogP) is 5.13. The number of rotatable bonds is 8. The van der Waals surface area contributed by atoms with Gasteiger partial charge < -0.3 is 4.90 Å². The molecule has 0 saturated heterocycles. The number of amides is 1. The van der Waals surface area contributed by atoms with Gasteiger partial charge in [-0.25, -0.2) is 4.98 Å². The van der Waals surface area contributed by atoms with Crippen LogP contribution in [0, 0.1) is 0 Å². The summed E-state index contributed by atoms with van der Waals surface area (Å²) in [4.78, 5) is 24.0. The highest BCUT2D eigenvalue weighted by Crippen LogP contribution is 2.34. The van der Waals surface area contributed by atoms with Gasteiger partial charge in [-0.05, 0) is 44.6 Å². The summed E-state index contributed by atoms with van der Waals surface area (Å²) in [5.74, 6) is 0.499. The Kier molecular flexibility index (Phi) is 9.11. The Morgan fingerprint density at radius 2 is 1.82 bits per heavy atom. The van der Waals surface area contributed by atoms with E-state index >= 15 is 0 Å². The molecule has 0 bridgehead atoms. The average Bonchev–Trinajstić information content (AvgIpc) is 3.11. The van der Waals surface area contributed by atoms with Crippen molar-refractivity contribution in [2.75, 3.05) is 44.1 Å². The molecule has 0 aliphatic carbocycles. The van der Waals surface area contributed by atoms with E-state index in [1.54, 1.807) is 34.9 Å². The fraction of sp³-hybridized carbons (Fsp3) is 0.300. The maximum absolute atomic E-state index is 13.0. The standard InChI is InChI=1S/C20H23N3OS3.ClH/c1-22(2)12-13-23(18(24)14-26-15-8-5-4-6-9-15)20-21-19-16(25-3)10-7-11-17(19)27-20;/h4-11H,12-14H2,1-3H3;1H. The largest absolute Gasteiger partial charge is 0.308 e. The molecule has 2 aromatic carbocycles. The van der Waals surface area contributed by atoms with Crippen molar-refractivity contribution >= 4 is 68.5 Å². The first-order valence-corrected chi connectivity index (χ1v) is 11.7. The van der Waals surface area contributed by atoms with E-state index in [1.807, 2.05) is 55.4 Å². The van der Waals surface area contributed by atoms with Crippen LogP contribution < -0.4 is 4.90 Å². The Bertz CT molecular complexity index is 902. The maximum atomic E-state index is 13.0. The number of para-hydroxylation sites is 1. The van der Waals surface area contributed by atoms with Gasteiger partial charge in [-0.2, -0.15) is 0 Å². The van der Waals surface area contributed by atoms with Crippen molar-refractivity contribution in [2.24, 2.45) is 0 Å². The van der Waals surface area contributed by atoms with Crippen LogP contribution in [-0.2, 0) is 4.79 Å². The third kappa shape index (κ3) is 5.87. The molecular weight excluding hydrogens is 430 g/mol. The Morgan fingerprint density at radius 3 is 2.50 bits per heavy atom. The first-order valence-electron chi connectivity index (χ1n) is 8.65. The fourth-order valence-electron chi connectivity index (χ4n) is 2.56. The Morgan fingerprint density at radius 1 is 1.07 bits per heavy atom. The summed E-state index contributed by atoms with van der Waals surface area (Å²) >= 11 is 4.84. The number of carbonyl (C=O) groups is 1. The molecule has 0 N–H and O–H groups in total. The van der Waals surface area contributed by atoms with E-state index in [9.17, 15) is 4.79 Å². The molecule has 4 nitrogen and oxygen atoms in total. The van der Waals surface area contributed by atoms with E-state index in [1.165, 1.54) is 0 Å². The van der Waals surface area contributed by atoms with Gasteiger partial charge in [0.1, 0.15) is 0 Å². The molecule has 8 heteroatoms. The minimum Gasteiger partial charge on any atom is -0.308 e. The van der Waals surface area contributed by atoms with Gasteiger partial charge in [0.15, 0.2) is 5.13 Å². The van der Waals surface area contributed by atoms with Crippen LogP contribution in [0.3, 0.4) is 0 Å². The molecule has 0 aliphatic rings. The Hall–Kier alpha value is -1.25. The van der Waals surface area contributed by atoms with Gasteiger partial charge in [0.25, 0.3) is 0 Å². The maximum Gasteiger partial charge on any atom is 0.239 e. The minimum atomic E-state index is 0. The Balaban J connectivity index is 0.00000280. The van der Waals surface area contributed by atoms with Crippen molar-refractivity contribution in [3.63, 3.8) is 0 Å². The topological polar surface area (TPSA) is 36.4 Å². The molecule has 28 heavy (non-hydrogen) atoms. The number of halogens is 1. The SMILES string of the molecule is CSc1cccc2sc(N(CCN(C)C)C(=O)CSc3ccccc3)nc12.Cl. The number of benzene rings is 2. The second-order valence-electron chi connectivity index (χ2n) is 6.25. The summed E-state index contributed by atoms with van der Waals surface area (Å²) in [6, 6.07) is 16.2. The quantitative estimate of drug-likeness (QED) is 0.442. The number of aromatic nitrogens is 1. The van der Waals surface area contributed by atoms with Crippen LogP contribution in [0.4, 0.5) is 5.13 Å². The second kappa shape index (κ2) is 11.1. The van der Waals surface area contributed by atoms with Crippen LogP contribution in [0.25, 0.3) is 10.2 Å². The van der Waals surface area contributed by atoms with Crippen molar-refractivity contribution in [3.8, 4) is 0 Å². The van der Waals surface area contributed by atoms with E-state index in [4.69, 9.17) is 4.98 Å². The van der Waals surface area contributed by atoms with Crippen LogP contribution in [0.5, 0.6) is 0 Å².